The summed E-state index contributed by atoms with van der Waals surface area (Å²) in [6.07, 6.45) is 16.0. The van der Waals surface area contributed by atoms with E-state index in [1.54, 1.807) is 0 Å². The van der Waals surface area contributed by atoms with Crippen LogP contribution in [0.2, 0.25) is 0 Å². The number of hydrogen-bond donors (Lipinski definition) is 0. The zero-order valence-corrected chi connectivity index (χ0v) is 26.3. The van der Waals surface area contributed by atoms with Gasteiger partial charge in [-0.05, 0) is 62.4 Å². The van der Waals surface area contributed by atoms with E-state index in [0.717, 1.165) is 66.2 Å². The summed E-state index contributed by atoms with van der Waals surface area (Å²) in [5, 5.41) is 2.28. The Morgan fingerprint density at radius 1 is 0.676 bits per heavy atom. The van der Waals surface area contributed by atoms with E-state index in [9.17, 15) is 0 Å². The summed E-state index contributed by atoms with van der Waals surface area (Å²) in [6.45, 7) is 8.81. The molecule has 2 aliphatic rings. The highest BCUT2D eigenvalue weighted by molar-refractivity contribution is 7.99. The molecule has 10 heteroatoms. The lowest BCUT2D eigenvalue weighted by molar-refractivity contribution is 0.372. The first-order valence-electron chi connectivity index (χ1n) is 13.8. The van der Waals surface area contributed by atoms with E-state index in [1.165, 1.54) is 85.3 Å². The molecule has 0 aromatic carbocycles. The third-order valence-electron chi connectivity index (χ3n) is 6.43. The second kappa shape index (κ2) is 17.7. The molecule has 0 amide bonds. The summed E-state index contributed by atoms with van der Waals surface area (Å²) in [5.41, 5.74) is 4.99. The van der Waals surface area contributed by atoms with Crippen molar-refractivity contribution in [3.05, 3.63) is 23.5 Å². The second-order valence-corrected chi connectivity index (χ2v) is 13.0. The Hall–Kier alpha value is -0.780. The molecule has 37 heavy (non-hydrogen) atoms. The van der Waals surface area contributed by atoms with Crippen molar-refractivity contribution < 1.29 is 0 Å². The average Bonchev–Trinajstić information content (AvgIpc) is 3.57. The van der Waals surface area contributed by atoms with E-state index in [-0.39, 0.29) is 0 Å². The molecule has 0 saturated heterocycles. The standard InChI is InChI=1S/C14H23N3S2.C13H21N3S2/c1-3-4-5-6-10-18-14-13(15-19-16-14)12-8-7-9-17(2)11-12;1-3-4-5-9-17-13-12(14-18-15-13)11-7-6-8-16(2)10-11/h8H,3-7,9-11H2,1-2H3;7H,3-6,8-10H2,1-2H3. The zero-order chi connectivity index (χ0) is 26.3. The quantitative estimate of drug-likeness (QED) is 0.179. The minimum Gasteiger partial charge on any atom is -0.302 e. The third-order valence-corrected chi connectivity index (χ3v) is 9.82. The van der Waals surface area contributed by atoms with Gasteiger partial charge in [-0.3, -0.25) is 0 Å². The Labute approximate surface area is 241 Å². The van der Waals surface area contributed by atoms with Crippen LogP contribution < -0.4 is 0 Å². The molecule has 0 radical (unpaired) electrons. The minimum absolute atomic E-state index is 1.01. The van der Waals surface area contributed by atoms with Crippen LogP contribution in [0.25, 0.3) is 11.1 Å². The molecule has 2 aliphatic heterocycles. The number of hydrogen-bond acceptors (Lipinski definition) is 10. The number of unbranched alkanes of at least 4 members (excludes halogenated alkanes) is 5. The molecule has 0 unspecified atom stereocenters. The van der Waals surface area contributed by atoms with E-state index in [1.807, 2.05) is 23.5 Å². The summed E-state index contributed by atoms with van der Waals surface area (Å²) < 4.78 is 17.9. The highest BCUT2D eigenvalue weighted by Gasteiger charge is 2.18. The molecule has 0 saturated carbocycles. The SMILES string of the molecule is CCCCCCSc1nsnc1C1=CCCN(C)C1.CCCCCSc1nsnc1C1=CCCN(C)C1. The van der Waals surface area contributed by atoms with E-state index in [0.29, 0.717) is 0 Å². The number of thioether (sulfide) groups is 2. The first-order chi connectivity index (χ1) is 18.1. The van der Waals surface area contributed by atoms with Crippen LogP contribution in [0.4, 0.5) is 0 Å². The van der Waals surface area contributed by atoms with Crippen molar-refractivity contribution in [3.8, 4) is 0 Å². The largest absolute Gasteiger partial charge is 0.302 e. The lowest BCUT2D eigenvalue weighted by Crippen LogP contribution is -2.25. The van der Waals surface area contributed by atoms with Gasteiger partial charge < -0.3 is 9.80 Å². The lowest BCUT2D eigenvalue weighted by Gasteiger charge is -2.22. The van der Waals surface area contributed by atoms with Gasteiger partial charge in [0.1, 0.15) is 21.4 Å². The highest BCUT2D eigenvalue weighted by Crippen LogP contribution is 2.30. The molecule has 0 N–H and O–H groups in total. The number of likely N-dealkylation sites (N-methyl/N-ethyl adjacent to an activating group) is 2. The summed E-state index contributed by atoms with van der Waals surface area (Å²) in [6, 6.07) is 0. The number of nitrogens with zero attached hydrogens (tertiary/aromatic N) is 6. The Bertz CT molecular complexity index is 970. The van der Waals surface area contributed by atoms with Crippen LogP contribution >= 0.6 is 47.0 Å². The van der Waals surface area contributed by atoms with Crippen molar-refractivity contribution in [1.82, 2.24) is 27.3 Å². The van der Waals surface area contributed by atoms with Gasteiger partial charge in [0.25, 0.3) is 0 Å². The fourth-order valence-electron chi connectivity index (χ4n) is 4.29. The molecular formula is C27H44N6S4. The molecule has 0 bridgehead atoms. The van der Waals surface area contributed by atoms with Gasteiger partial charge >= 0.3 is 0 Å². The van der Waals surface area contributed by atoms with Gasteiger partial charge in [-0.25, -0.2) is 0 Å². The minimum atomic E-state index is 1.01. The highest BCUT2D eigenvalue weighted by atomic mass is 32.2. The summed E-state index contributed by atoms with van der Waals surface area (Å²) in [5.74, 6) is 2.33. The van der Waals surface area contributed by atoms with Gasteiger partial charge in [0, 0.05) is 26.2 Å². The molecule has 6 nitrogen and oxygen atoms in total. The maximum Gasteiger partial charge on any atom is 0.138 e. The van der Waals surface area contributed by atoms with Crippen molar-refractivity contribution in [2.24, 2.45) is 0 Å². The Kier molecular flexibility index (Phi) is 14.7. The van der Waals surface area contributed by atoms with Crippen LogP contribution in [0, 0.1) is 0 Å². The van der Waals surface area contributed by atoms with Gasteiger partial charge in [0.15, 0.2) is 0 Å². The average molecular weight is 581 g/mol. The van der Waals surface area contributed by atoms with Crippen molar-refractivity contribution >= 4 is 58.1 Å². The predicted molar refractivity (Wildman–Crippen MR) is 165 cm³/mol. The molecule has 206 valence electrons. The van der Waals surface area contributed by atoms with Crippen molar-refractivity contribution in [2.45, 2.75) is 81.7 Å². The molecule has 0 atom stereocenters. The first kappa shape index (κ1) is 30.8. The molecule has 2 aromatic rings. The fourth-order valence-corrected chi connectivity index (χ4v) is 7.71. The van der Waals surface area contributed by atoms with Crippen LogP contribution in [0.1, 0.15) is 83.0 Å². The summed E-state index contributed by atoms with van der Waals surface area (Å²) in [4.78, 5) is 4.70. The Balaban J connectivity index is 0.000000206. The van der Waals surface area contributed by atoms with E-state index >= 15 is 0 Å². The van der Waals surface area contributed by atoms with E-state index < -0.39 is 0 Å². The van der Waals surface area contributed by atoms with Gasteiger partial charge in [0.05, 0.1) is 23.5 Å². The first-order valence-corrected chi connectivity index (χ1v) is 17.2. The molecule has 0 aliphatic carbocycles. The molecule has 4 heterocycles. The molecular weight excluding hydrogens is 537 g/mol. The normalized spacial score (nSPS) is 16.8. The zero-order valence-electron chi connectivity index (χ0n) is 23.1. The van der Waals surface area contributed by atoms with E-state index in [2.05, 4.69) is 67.4 Å². The monoisotopic (exact) mass is 580 g/mol. The van der Waals surface area contributed by atoms with Crippen LogP contribution in [-0.2, 0) is 0 Å². The van der Waals surface area contributed by atoms with Crippen LogP contribution in [0.15, 0.2) is 22.2 Å². The van der Waals surface area contributed by atoms with Gasteiger partial charge in [-0.15, -0.1) is 23.5 Å². The van der Waals surface area contributed by atoms with Crippen LogP contribution in [-0.4, -0.2) is 79.1 Å². The second-order valence-electron chi connectivity index (χ2n) is 9.81. The Morgan fingerprint density at radius 2 is 1.14 bits per heavy atom. The Morgan fingerprint density at radius 3 is 1.59 bits per heavy atom. The van der Waals surface area contributed by atoms with E-state index in [4.69, 9.17) is 0 Å². The van der Waals surface area contributed by atoms with Crippen molar-refractivity contribution in [3.63, 3.8) is 0 Å². The van der Waals surface area contributed by atoms with Crippen LogP contribution in [0.5, 0.6) is 0 Å². The van der Waals surface area contributed by atoms with Gasteiger partial charge in [-0.1, -0.05) is 58.1 Å². The third kappa shape index (κ3) is 10.7. The molecule has 0 fully saturated rings. The number of rotatable bonds is 13. The summed E-state index contributed by atoms with van der Waals surface area (Å²) in [7, 11) is 4.34. The van der Waals surface area contributed by atoms with Crippen molar-refractivity contribution in [2.75, 3.05) is 51.8 Å². The van der Waals surface area contributed by atoms with Gasteiger partial charge in [0.2, 0.25) is 0 Å². The predicted octanol–water partition coefficient (Wildman–Crippen LogP) is 7.47. The maximum atomic E-state index is 4.50. The molecule has 4 rings (SSSR count). The van der Waals surface area contributed by atoms with Crippen LogP contribution in [0.3, 0.4) is 0 Å². The molecule has 2 aromatic heterocycles. The summed E-state index contributed by atoms with van der Waals surface area (Å²) >= 11 is 6.44. The van der Waals surface area contributed by atoms with Crippen molar-refractivity contribution in [1.29, 1.82) is 0 Å². The smallest absolute Gasteiger partial charge is 0.138 e. The maximum absolute atomic E-state index is 4.50. The van der Waals surface area contributed by atoms with Gasteiger partial charge in [-0.2, -0.15) is 17.5 Å². The lowest BCUT2D eigenvalue weighted by atomic mass is 10.1. The topological polar surface area (TPSA) is 58.0 Å². The molecule has 0 spiro atoms. The fraction of sp³-hybridized carbons (Fsp3) is 0.704. The number of aromatic nitrogens is 4.